The molecule has 5 rings (SSSR count). The molecule has 2 fully saturated rings. The molecule has 8 nitrogen and oxygen atoms in total. The molecule has 0 bridgehead atoms. The Morgan fingerprint density at radius 3 is 2.39 bits per heavy atom. The van der Waals surface area contributed by atoms with Crippen LogP contribution < -0.4 is 15.2 Å². The lowest BCUT2D eigenvalue weighted by molar-refractivity contribution is -0.719. The van der Waals surface area contributed by atoms with Crippen LogP contribution in [0.1, 0.15) is 24.0 Å². The summed E-state index contributed by atoms with van der Waals surface area (Å²) in [5, 5.41) is 13.3. The molecule has 0 unspecified atom stereocenters. The summed E-state index contributed by atoms with van der Waals surface area (Å²) in [6.45, 7) is 4.33. The van der Waals surface area contributed by atoms with Crippen molar-refractivity contribution in [1.29, 1.82) is 0 Å². The van der Waals surface area contributed by atoms with E-state index in [1.165, 1.54) is 4.31 Å². The number of aryl methyl sites for hydroxylation is 1. The van der Waals surface area contributed by atoms with E-state index >= 15 is 0 Å². The van der Waals surface area contributed by atoms with E-state index in [-0.39, 0.29) is 28.4 Å². The van der Waals surface area contributed by atoms with Gasteiger partial charge in [0, 0.05) is 38.8 Å². The molecule has 2 aromatic heterocycles. The van der Waals surface area contributed by atoms with Crippen molar-refractivity contribution in [2.75, 3.05) is 26.2 Å². The molecule has 0 N–H and O–H groups in total. The van der Waals surface area contributed by atoms with Crippen LogP contribution in [0.15, 0.2) is 58.4 Å². The molecule has 1 aliphatic carbocycles. The average molecular weight is 469 g/mol. The van der Waals surface area contributed by atoms with E-state index < -0.39 is 10.0 Å². The molecule has 1 aliphatic heterocycles. The summed E-state index contributed by atoms with van der Waals surface area (Å²) < 4.78 is 30.7. The SMILES string of the molecule is Cc1ccc(S(=O)(=O)N2CCN(Cc3c([O-])[n+](CC4CC4)c4ccccn4c3=O)CC2)cc1. The Labute approximate surface area is 193 Å². The lowest BCUT2D eigenvalue weighted by Crippen LogP contribution is -2.50. The minimum absolute atomic E-state index is 0.221. The molecular formula is C24H28N4O4S. The first-order valence-corrected chi connectivity index (χ1v) is 12.8. The van der Waals surface area contributed by atoms with Crippen molar-refractivity contribution in [3.05, 3.63) is 70.1 Å². The summed E-state index contributed by atoms with van der Waals surface area (Å²) in [6.07, 6.45) is 3.92. The Hall–Kier alpha value is -2.75. The van der Waals surface area contributed by atoms with E-state index in [0.29, 0.717) is 44.3 Å². The van der Waals surface area contributed by atoms with E-state index in [0.717, 1.165) is 18.4 Å². The number of hydrogen-bond donors (Lipinski definition) is 0. The Balaban J connectivity index is 1.36. The van der Waals surface area contributed by atoms with Crippen molar-refractivity contribution in [2.24, 2.45) is 5.92 Å². The summed E-state index contributed by atoms with van der Waals surface area (Å²) in [4.78, 5) is 15.4. The smallest absolute Gasteiger partial charge is 0.346 e. The number of hydrogen-bond acceptors (Lipinski definition) is 5. The quantitative estimate of drug-likeness (QED) is 0.501. The van der Waals surface area contributed by atoms with Crippen molar-refractivity contribution < 1.29 is 18.1 Å². The molecule has 0 amide bonds. The minimum Gasteiger partial charge on any atom is -0.842 e. The highest BCUT2D eigenvalue weighted by atomic mass is 32.2. The topological polar surface area (TPSA) is 89.0 Å². The predicted octanol–water partition coefficient (Wildman–Crippen LogP) is 0.886. The van der Waals surface area contributed by atoms with Crippen LogP contribution in [0.5, 0.6) is 5.88 Å². The zero-order chi connectivity index (χ0) is 23.2. The predicted molar refractivity (Wildman–Crippen MR) is 121 cm³/mol. The number of benzene rings is 1. The zero-order valence-corrected chi connectivity index (χ0v) is 19.5. The number of nitrogens with zero attached hydrogens (tertiary/aromatic N) is 4. The van der Waals surface area contributed by atoms with Crippen LogP contribution >= 0.6 is 0 Å². The third-order valence-corrected chi connectivity index (χ3v) is 8.52. The Morgan fingerprint density at radius 2 is 1.73 bits per heavy atom. The Morgan fingerprint density at radius 1 is 1.03 bits per heavy atom. The molecular weight excluding hydrogens is 440 g/mol. The highest BCUT2D eigenvalue weighted by molar-refractivity contribution is 7.89. The monoisotopic (exact) mass is 468 g/mol. The van der Waals surface area contributed by atoms with Gasteiger partial charge in [-0.2, -0.15) is 8.71 Å². The first-order valence-electron chi connectivity index (χ1n) is 11.4. The van der Waals surface area contributed by atoms with Gasteiger partial charge in [0.15, 0.2) is 0 Å². The van der Waals surface area contributed by atoms with Gasteiger partial charge < -0.3 is 5.11 Å². The molecule has 33 heavy (non-hydrogen) atoms. The largest absolute Gasteiger partial charge is 0.842 e. The summed E-state index contributed by atoms with van der Waals surface area (Å²) >= 11 is 0. The maximum Gasteiger partial charge on any atom is 0.346 e. The fourth-order valence-electron chi connectivity index (χ4n) is 4.41. The molecule has 1 saturated carbocycles. The van der Waals surface area contributed by atoms with Crippen molar-refractivity contribution in [3.63, 3.8) is 0 Å². The second-order valence-electron chi connectivity index (χ2n) is 9.06. The molecule has 1 aromatic carbocycles. The van der Waals surface area contributed by atoms with Gasteiger partial charge in [-0.1, -0.05) is 23.8 Å². The number of fused-ring (bicyclic) bond motifs is 1. The summed E-state index contributed by atoms with van der Waals surface area (Å²) in [7, 11) is -3.56. The van der Waals surface area contributed by atoms with Gasteiger partial charge in [0.2, 0.25) is 10.0 Å². The number of pyridine rings is 1. The summed E-state index contributed by atoms with van der Waals surface area (Å²) in [6, 6.07) is 12.3. The second kappa shape index (κ2) is 8.55. The number of piperazine rings is 1. The maximum absolute atomic E-state index is 13.3. The minimum atomic E-state index is -3.56. The van der Waals surface area contributed by atoms with E-state index in [4.69, 9.17) is 0 Å². The van der Waals surface area contributed by atoms with Gasteiger partial charge in [0.1, 0.15) is 0 Å². The van der Waals surface area contributed by atoms with Crippen LogP contribution in [0.3, 0.4) is 0 Å². The normalized spacial score (nSPS) is 18.1. The molecule has 0 spiro atoms. The first kappa shape index (κ1) is 22.1. The molecule has 0 radical (unpaired) electrons. The average Bonchev–Trinajstić information content (AvgIpc) is 3.64. The fraction of sp³-hybridized carbons (Fsp3) is 0.417. The van der Waals surface area contributed by atoms with E-state index in [1.54, 1.807) is 45.5 Å². The number of rotatable bonds is 6. The van der Waals surface area contributed by atoms with E-state index in [1.807, 2.05) is 24.0 Å². The molecule has 0 atom stereocenters. The van der Waals surface area contributed by atoms with Gasteiger partial charge in [-0.3, -0.25) is 4.90 Å². The van der Waals surface area contributed by atoms with Gasteiger partial charge >= 0.3 is 5.56 Å². The number of sulfonamides is 1. The van der Waals surface area contributed by atoms with Gasteiger partial charge in [0.05, 0.1) is 29.1 Å². The third kappa shape index (κ3) is 4.28. The number of aromatic nitrogens is 2. The van der Waals surface area contributed by atoms with Crippen LogP contribution in [0.2, 0.25) is 0 Å². The Bertz CT molecular complexity index is 1340. The van der Waals surface area contributed by atoms with Crippen LogP contribution in [0, 0.1) is 12.8 Å². The lowest BCUT2D eigenvalue weighted by atomic mass is 10.2. The summed E-state index contributed by atoms with van der Waals surface area (Å²) in [5.41, 5.74) is 1.58. The fourth-order valence-corrected chi connectivity index (χ4v) is 5.83. The van der Waals surface area contributed by atoms with Gasteiger partial charge in [-0.15, -0.1) is 0 Å². The van der Waals surface area contributed by atoms with Crippen LogP contribution in [-0.4, -0.2) is 48.2 Å². The van der Waals surface area contributed by atoms with Crippen molar-refractivity contribution in [2.45, 2.75) is 37.8 Å². The maximum atomic E-state index is 13.3. The van der Waals surface area contributed by atoms with Gasteiger partial charge in [0.25, 0.3) is 5.65 Å². The Kier molecular flexibility index (Phi) is 5.72. The first-order chi connectivity index (χ1) is 15.8. The van der Waals surface area contributed by atoms with E-state index in [9.17, 15) is 18.3 Å². The van der Waals surface area contributed by atoms with E-state index in [2.05, 4.69) is 0 Å². The zero-order valence-electron chi connectivity index (χ0n) is 18.7. The van der Waals surface area contributed by atoms with Crippen LogP contribution in [-0.2, 0) is 23.1 Å². The standard InChI is InChI=1S/C24H28N4O4S/c1-18-5-9-20(10-6-18)33(31,32)26-14-12-25(13-15-26)17-21-23(29)27-11-3-2-4-22(27)28(24(21)30)16-19-7-8-19/h2-6,9-11,19H,7-8,12-17H2,1H3. The van der Waals surface area contributed by atoms with Crippen LogP contribution in [0.25, 0.3) is 5.65 Å². The molecule has 2 aliphatic rings. The highest BCUT2D eigenvalue weighted by Crippen LogP contribution is 2.29. The lowest BCUT2D eigenvalue weighted by Gasteiger charge is -2.34. The van der Waals surface area contributed by atoms with Crippen molar-refractivity contribution >= 4 is 15.7 Å². The summed E-state index contributed by atoms with van der Waals surface area (Å²) in [5.74, 6) is 0.264. The van der Waals surface area contributed by atoms with Crippen molar-refractivity contribution in [3.8, 4) is 5.88 Å². The van der Waals surface area contributed by atoms with Crippen LogP contribution in [0.4, 0.5) is 0 Å². The molecule has 9 heteroatoms. The second-order valence-corrected chi connectivity index (χ2v) is 11.0. The van der Waals surface area contributed by atoms with Crippen molar-refractivity contribution in [1.82, 2.24) is 13.6 Å². The van der Waals surface area contributed by atoms with Gasteiger partial charge in [-0.05, 0) is 43.9 Å². The van der Waals surface area contributed by atoms with Gasteiger partial charge in [-0.25, -0.2) is 17.8 Å². The molecule has 3 aromatic rings. The highest BCUT2D eigenvalue weighted by Gasteiger charge is 2.31. The molecule has 3 heterocycles. The molecule has 1 saturated heterocycles. The molecule has 174 valence electrons. The third-order valence-electron chi connectivity index (χ3n) is 6.60.